The van der Waals surface area contributed by atoms with E-state index in [-0.39, 0.29) is 13.2 Å². The summed E-state index contributed by atoms with van der Waals surface area (Å²) in [5.74, 6) is 0. The number of aliphatic hydroxyl groups excluding tert-OH is 2. The number of aliphatic hydroxyl groups is 2. The molecule has 1 rings (SSSR count). The number of benzene rings is 1. The van der Waals surface area contributed by atoms with Gasteiger partial charge in [-0.1, -0.05) is 17.7 Å². The number of hydrogen-bond donors (Lipinski definition) is 2. The van der Waals surface area contributed by atoms with Gasteiger partial charge in [-0.3, -0.25) is 0 Å². The predicted octanol–water partition coefficient (Wildman–Crippen LogP) is 0.916. The number of likely N-dealkylation sites (N-methyl/N-ethyl adjacent to an activating group) is 1. The molecule has 0 amide bonds. The lowest BCUT2D eigenvalue weighted by atomic mass is 10.1. The minimum atomic E-state index is 0.0345. The first-order valence-corrected chi connectivity index (χ1v) is 4.71. The van der Waals surface area contributed by atoms with E-state index in [9.17, 15) is 5.11 Å². The fourth-order valence-corrected chi connectivity index (χ4v) is 1.48. The largest absolute Gasteiger partial charge is 0.395 e. The van der Waals surface area contributed by atoms with Crippen LogP contribution in [0, 0.1) is 6.92 Å². The van der Waals surface area contributed by atoms with E-state index in [1.807, 2.05) is 37.1 Å². The second-order valence-electron chi connectivity index (χ2n) is 3.44. The monoisotopic (exact) mass is 195 g/mol. The first-order chi connectivity index (χ1) is 6.69. The highest BCUT2D eigenvalue weighted by atomic mass is 16.3. The van der Waals surface area contributed by atoms with Gasteiger partial charge in [-0.2, -0.15) is 0 Å². The minimum absolute atomic E-state index is 0.0345. The van der Waals surface area contributed by atoms with Gasteiger partial charge in [0, 0.05) is 24.8 Å². The summed E-state index contributed by atoms with van der Waals surface area (Å²) in [5, 5.41) is 18.0. The third kappa shape index (κ3) is 2.47. The maximum absolute atomic E-state index is 9.17. The third-order valence-electron chi connectivity index (χ3n) is 2.25. The highest BCUT2D eigenvalue weighted by molar-refractivity contribution is 5.54. The predicted molar refractivity (Wildman–Crippen MR) is 57.5 cm³/mol. The van der Waals surface area contributed by atoms with Crippen LogP contribution in [0.15, 0.2) is 18.2 Å². The molecule has 0 saturated heterocycles. The molecule has 2 N–H and O–H groups in total. The summed E-state index contributed by atoms with van der Waals surface area (Å²) in [6.07, 6.45) is 0. The fraction of sp³-hybridized carbons (Fsp3) is 0.455. The van der Waals surface area contributed by atoms with Crippen LogP contribution in [0.4, 0.5) is 5.69 Å². The highest BCUT2D eigenvalue weighted by Crippen LogP contribution is 2.20. The molecule has 0 saturated carbocycles. The molecule has 78 valence electrons. The Morgan fingerprint density at radius 1 is 1.29 bits per heavy atom. The third-order valence-corrected chi connectivity index (χ3v) is 2.25. The van der Waals surface area contributed by atoms with Gasteiger partial charge in [0.2, 0.25) is 0 Å². The molecule has 0 unspecified atom stereocenters. The molecule has 3 nitrogen and oxygen atoms in total. The Kier molecular flexibility index (Phi) is 3.92. The van der Waals surface area contributed by atoms with Crippen molar-refractivity contribution in [3.63, 3.8) is 0 Å². The molecule has 0 fully saturated rings. The zero-order chi connectivity index (χ0) is 10.6. The minimum Gasteiger partial charge on any atom is -0.395 e. The Morgan fingerprint density at radius 3 is 2.57 bits per heavy atom. The van der Waals surface area contributed by atoms with E-state index in [2.05, 4.69) is 0 Å². The maximum atomic E-state index is 9.17. The van der Waals surface area contributed by atoms with Crippen LogP contribution in [-0.2, 0) is 6.61 Å². The summed E-state index contributed by atoms with van der Waals surface area (Å²) < 4.78 is 0. The molecule has 3 heteroatoms. The number of rotatable bonds is 4. The normalized spacial score (nSPS) is 10.3. The zero-order valence-corrected chi connectivity index (χ0v) is 8.70. The Hall–Kier alpha value is -1.06. The van der Waals surface area contributed by atoms with Crippen molar-refractivity contribution in [2.75, 3.05) is 25.1 Å². The molecule has 1 aromatic rings. The number of aryl methyl sites for hydroxylation is 1. The van der Waals surface area contributed by atoms with Gasteiger partial charge in [0.1, 0.15) is 0 Å². The molecule has 0 aliphatic heterocycles. The number of anilines is 1. The fourth-order valence-electron chi connectivity index (χ4n) is 1.48. The molecule has 0 heterocycles. The van der Waals surface area contributed by atoms with Crippen LogP contribution in [0.1, 0.15) is 11.1 Å². The van der Waals surface area contributed by atoms with Crippen LogP contribution in [0.3, 0.4) is 0 Å². The Labute approximate surface area is 84.6 Å². The Morgan fingerprint density at radius 2 is 2.00 bits per heavy atom. The Bertz CT molecular complexity index is 299. The van der Waals surface area contributed by atoms with Crippen molar-refractivity contribution >= 4 is 5.69 Å². The van der Waals surface area contributed by atoms with Crippen molar-refractivity contribution < 1.29 is 10.2 Å². The second kappa shape index (κ2) is 4.98. The van der Waals surface area contributed by atoms with E-state index in [1.165, 1.54) is 0 Å². The highest BCUT2D eigenvalue weighted by Gasteiger charge is 2.05. The molecule has 0 aliphatic carbocycles. The SMILES string of the molecule is Cc1ccc(N(C)CCO)c(CO)c1. The molecule has 0 spiro atoms. The summed E-state index contributed by atoms with van der Waals surface area (Å²) >= 11 is 0. The van der Waals surface area contributed by atoms with Crippen molar-refractivity contribution in [2.45, 2.75) is 13.5 Å². The van der Waals surface area contributed by atoms with Gasteiger partial charge in [0.25, 0.3) is 0 Å². The van der Waals surface area contributed by atoms with E-state index in [0.29, 0.717) is 6.54 Å². The molecule has 1 aromatic carbocycles. The topological polar surface area (TPSA) is 43.7 Å². The van der Waals surface area contributed by atoms with E-state index in [0.717, 1.165) is 16.8 Å². The molecule has 14 heavy (non-hydrogen) atoms. The summed E-state index contributed by atoms with van der Waals surface area (Å²) in [5.41, 5.74) is 3.02. The van der Waals surface area contributed by atoms with Gasteiger partial charge in [0.15, 0.2) is 0 Å². The number of hydrogen-bond acceptors (Lipinski definition) is 3. The van der Waals surface area contributed by atoms with E-state index in [1.54, 1.807) is 0 Å². The molecule has 0 radical (unpaired) electrons. The van der Waals surface area contributed by atoms with Gasteiger partial charge < -0.3 is 15.1 Å². The first kappa shape index (κ1) is 11.0. The van der Waals surface area contributed by atoms with Crippen LogP contribution in [0.5, 0.6) is 0 Å². The van der Waals surface area contributed by atoms with Crippen molar-refractivity contribution in [3.05, 3.63) is 29.3 Å². The molecular weight excluding hydrogens is 178 g/mol. The van der Waals surface area contributed by atoms with Crippen molar-refractivity contribution in [2.24, 2.45) is 0 Å². The average Bonchev–Trinajstić information content (AvgIpc) is 2.17. The van der Waals surface area contributed by atoms with Gasteiger partial charge in [0.05, 0.1) is 13.2 Å². The molecular formula is C11H17NO2. The lowest BCUT2D eigenvalue weighted by Gasteiger charge is -2.21. The van der Waals surface area contributed by atoms with E-state index < -0.39 is 0 Å². The van der Waals surface area contributed by atoms with Crippen molar-refractivity contribution in [1.29, 1.82) is 0 Å². The number of nitrogens with zero attached hydrogens (tertiary/aromatic N) is 1. The van der Waals surface area contributed by atoms with Crippen LogP contribution in [0.2, 0.25) is 0 Å². The second-order valence-corrected chi connectivity index (χ2v) is 3.44. The van der Waals surface area contributed by atoms with Crippen LogP contribution >= 0.6 is 0 Å². The average molecular weight is 195 g/mol. The van der Waals surface area contributed by atoms with Gasteiger partial charge in [-0.05, 0) is 13.0 Å². The van der Waals surface area contributed by atoms with Gasteiger partial charge >= 0.3 is 0 Å². The lowest BCUT2D eigenvalue weighted by molar-refractivity contribution is 0.281. The summed E-state index contributed by atoms with van der Waals surface area (Å²) in [7, 11) is 1.90. The summed E-state index contributed by atoms with van der Waals surface area (Å²) in [6.45, 7) is 2.73. The van der Waals surface area contributed by atoms with E-state index in [4.69, 9.17) is 5.11 Å². The smallest absolute Gasteiger partial charge is 0.0702 e. The first-order valence-electron chi connectivity index (χ1n) is 4.71. The molecule has 0 bridgehead atoms. The lowest BCUT2D eigenvalue weighted by Crippen LogP contribution is -2.22. The summed E-state index contributed by atoms with van der Waals surface area (Å²) in [6, 6.07) is 5.93. The zero-order valence-electron chi connectivity index (χ0n) is 8.70. The molecule has 0 aromatic heterocycles. The standard InChI is InChI=1S/C11H17NO2/c1-9-3-4-11(10(7-9)8-14)12(2)5-6-13/h3-4,7,13-14H,5-6,8H2,1-2H3. The molecule has 0 atom stereocenters. The molecule has 0 aliphatic rings. The van der Waals surface area contributed by atoms with E-state index >= 15 is 0 Å². The Balaban J connectivity index is 2.95. The van der Waals surface area contributed by atoms with Crippen LogP contribution in [-0.4, -0.2) is 30.4 Å². The summed E-state index contributed by atoms with van der Waals surface area (Å²) in [4.78, 5) is 1.94. The van der Waals surface area contributed by atoms with Gasteiger partial charge in [-0.15, -0.1) is 0 Å². The maximum Gasteiger partial charge on any atom is 0.0702 e. The quantitative estimate of drug-likeness (QED) is 0.750. The van der Waals surface area contributed by atoms with Crippen molar-refractivity contribution in [1.82, 2.24) is 0 Å². The van der Waals surface area contributed by atoms with Crippen LogP contribution in [0.25, 0.3) is 0 Å². The van der Waals surface area contributed by atoms with Gasteiger partial charge in [-0.25, -0.2) is 0 Å². The van der Waals surface area contributed by atoms with Crippen LogP contribution < -0.4 is 4.90 Å². The van der Waals surface area contributed by atoms with Crippen molar-refractivity contribution in [3.8, 4) is 0 Å².